The molecule has 0 aliphatic rings. The molecule has 0 aliphatic heterocycles. The van der Waals surface area contributed by atoms with Gasteiger partial charge in [-0.25, -0.2) is 0 Å². The van der Waals surface area contributed by atoms with E-state index in [1.54, 1.807) is 18.2 Å². The Bertz CT molecular complexity index is 398. The zero-order valence-electron chi connectivity index (χ0n) is 9.80. The number of rotatable bonds is 5. The second kappa shape index (κ2) is 6.87. The number of carbonyl (C=O) groups excluding carboxylic acids is 1. The van der Waals surface area contributed by atoms with Crippen molar-refractivity contribution in [3.8, 4) is 5.75 Å². The van der Waals surface area contributed by atoms with Gasteiger partial charge in [0.15, 0.2) is 0 Å². The van der Waals surface area contributed by atoms with Gasteiger partial charge in [0.1, 0.15) is 5.75 Å². The summed E-state index contributed by atoms with van der Waals surface area (Å²) in [5.74, 6) is 0.341. The summed E-state index contributed by atoms with van der Waals surface area (Å²) in [6, 6.07) is 5.08. The molecule has 94 valence electrons. The summed E-state index contributed by atoms with van der Waals surface area (Å²) >= 11 is 9.18. The minimum Gasteiger partial charge on any atom is -0.496 e. The van der Waals surface area contributed by atoms with Crippen LogP contribution in [0, 0.1) is 0 Å². The molecule has 0 saturated heterocycles. The van der Waals surface area contributed by atoms with E-state index in [9.17, 15) is 4.79 Å². The molecule has 0 fully saturated rings. The molecule has 1 aromatic rings. The standard InChI is InChI=1S/C12H15BrClNO2/c1-8(5-6-13)15-12(16)10-4-3-9(14)7-11(10)17-2/h3-4,7-8H,5-6H2,1-2H3,(H,15,16). The number of ether oxygens (including phenoxy) is 1. The summed E-state index contributed by atoms with van der Waals surface area (Å²) in [7, 11) is 1.52. The third-order valence-corrected chi connectivity index (χ3v) is 3.02. The molecule has 0 aliphatic carbocycles. The molecule has 5 heteroatoms. The van der Waals surface area contributed by atoms with Gasteiger partial charge in [-0.3, -0.25) is 4.79 Å². The zero-order valence-corrected chi connectivity index (χ0v) is 12.1. The molecule has 0 aromatic heterocycles. The van der Waals surface area contributed by atoms with Crippen LogP contribution in [0.1, 0.15) is 23.7 Å². The second-order valence-corrected chi connectivity index (χ2v) is 4.93. The summed E-state index contributed by atoms with van der Waals surface area (Å²) in [5, 5.41) is 4.30. The number of nitrogens with one attached hydrogen (secondary N) is 1. The van der Waals surface area contributed by atoms with Crippen molar-refractivity contribution in [2.75, 3.05) is 12.4 Å². The average molecular weight is 321 g/mol. The van der Waals surface area contributed by atoms with Gasteiger partial charge in [-0.1, -0.05) is 27.5 Å². The van der Waals surface area contributed by atoms with E-state index in [2.05, 4.69) is 21.2 Å². The Morgan fingerprint density at radius 1 is 1.59 bits per heavy atom. The van der Waals surface area contributed by atoms with Crippen LogP contribution in [0.15, 0.2) is 18.2 Å². The summed E-state index contributed by atoms with van der Waals surface area (Å²) in [4.78, 5) is 12.0. The number of halogens is 2. The first kappa shape index (κ1) is 14.3. The van der Waals surface area contributed by atoms with E-state index in [1.165, 1.54) is 7.11 Å². The molecule has 1 rings (SSSR count). The lowest BCUT2D eigenvalue weighted by atomic mass is 10.1. The maximum Gasteiger partial charge on any atom is 0.255 e. The Labute approximate surface area is 115 Å². The van der Waals surface area contributed by atoms with Crippen LogP contribution in [0.2, 0.25) is 5.02 Å². The van der Waals surface area contributed by atoms with Crippen molar-refractivity contribution in [3.63, 3.8) is 0 Å². The van der Waals surface area contributed by atoms with Gasteiger partial charge >= 0.3 is 0 Å². The lowest BCUT2D eigenvalue weighted by molar-refractivity contribution is 0.0936. The molecular weight excluding hydrogens is 305 g/mol. The SMILES string of the molecule is COc1cc(Cl)ccc1C(=O)NC(C)CCBr. The predicted molar refractivity (Wildman–Crippen MR) is 73.3 cm³/mol. The molecule has 0 spiro atoms. The van der Waals surface area contributed by atoms with Gasteiger partial charge in [0, 0.05) is 16.4 Å². The van der Waals surface area contributed by atoms with Crippen LogP contribution in [-0.2, 0) is 0 Å². The number of hydrogen-bond acceptors (Lipinski definition) is 2. The fourth-order valence-electron chi connectivity index (χ4n) is 1.39. The molecular formula is C12H15BrClNO2. The van der Waals surface area contributed by atoms with Gasteiger partial charge in [0.05, 0.1) is 12.7 Å². The van der Waals surface area contributed by atoms with Crippen LogP contribution in [0.3, 0.4) is 0 Å². The van der Waals surface area contributed by atoms with E-state index < -0.39 is 0 Å². The quantitative estimate of drug-likeness (QED) is 0.846. The minimum absolute atomic E-state index is 0.113. The number of methoxy groups -OCH3 is 1. The normalized spacial score (nSPS) is 12.0. The largest absolute Gasteiger partial charge is 0.496 e. The number of alkyl halides is 1. The Balaban J connectivity index is 2.81. The molecule has 1 unspecified atom stereocenters. The smallest absolute Gasteiger partial charge is 0.255 e. The summed E-state index contributed by atoms with van der Waals surface area (Å²) in [5.41, 5.74) is 0.498. The predicted octanol–water partition coefficient (Wildman–Crippen LogP) is 3.25. The van der Waals surface area contributed by atoms with Gasteiger partial charge in [-0.2, -0.15) is 0 Å². The van der Waals surface area contributed by atoms with Crippen LogP contribution in [0.4, 0.5) is 0 Å². The van der Waals surface area contributed by atoms with E-state index >= 15 is 0 Å². The number of amides is 1. The van der Waals surface area contributed by atoms with Crippen molar-refractivity contribution < 1.29 is 9.53 Å². The lowest BCUT2D eigenvalue weighted by Gasteiger charge is -2.14. The van der Waals surface area contributed by atoms with Crippen molar-refractivity contribution in [2.24, 2.45) is 0 Å². The van der Waals surface area contributed by atoms with E-state index in [0.29, 0.717) is 16.3 Å². The Hall–Kier alpha value is -0.740. The molecule has 0 radical (unpaired) electrons. The molecule has 17 heavy (non-hydrogen) atoms. The first-order chi connectivity index (χ1) is 8.08. The van der Waals surface area contributed by atoms with Crippen molar-refractivity contribution >= 4 is 33.4 Å². The lowest BCUT2D eigenvalue weighted by Crippen LogP contribution is -2.33. The van der Waals surface area contributed by atoms with Crippen molar-refractivity contribution in [1.82, 2.24) is 5.32 Å². The minimum atomic E-state index is -0.146. The van der Waals surface area contributed by atoms with Gasteiger partial charge in [-0.05, 0) is 31.5 Å². The summed E-state index contributed by atoms with van der Waals surface area (Å²) in [6.07, 6.45) is 0.877. The van der Waals surface area contributed by atoms with Gasteiger partial charge in [-0.15, -0.1) is 0 Å². The Morgan fingerprint density at radius 3 is 2.88 bits per heavy atom. The fraction of sp³-hybridized carbons (Fsp3) is 0.417. The molecule has 1 N–H and O–H groups in total. The first-order valence-electron chi connectivity index (χ1n) is 5.29. The molecule has 1 aromatic carbocycles. The van der Waals surface area contributed by atoms with E-state index in [1.807, 2.05) is 6.92 Å². The van der Waals surface area contributed by atoms with Crippen LogP contribution in [0.25, 0.3) is 0 Å². The highest BCUT2D eigenvalue weighted by molar-refractivity contribution is 9.09. The van der Waals surface area contributed by atoms with Crippen LogP contribution >= 0.6 is 27.5 Å². The Morgan fingerprint density at radius 2 is 2.29 bits per heavy atom. The van der Waals surface area contributed by atoms with Crippen molar-refractivity contribution in [2.45, 2.75) is 19.4 Å². The second-order valence-electron chi connectivity index (χ2n) is 3.70. The molecule has 3 nitrogen and oxygen atoms in total. The summed E-state index contributed by atoms with van der Waals surface area (Å²) in [6.45, 7) is 1.96. The topological polar surface area (TPSA) is 38.3 Å². The fourth-order valence-corrected chi connectivity index (χ4v) is 2.24. The first-order valence-corrected chi connectivity index (χ1v) is 6.78. The van der Waals surface area contributed by atoms with Gasteiger partial charge in [0.2, 0.25) is 0 Å². The molecule has 0 saturated carbocycles. The molecule has 0 heterocycles. The van der Waals surface area contributed by atoms with Crippen LogP contribution in [-0.4, -0.2) is 24.4 Å². The molecule has 1 atom stereocenters. The number of carbonyl (C=O) groups is 1. The Kier molecular flexibility index (Phi) is 5.78. The number of hydrogen-bond donors (Lipinski definition) is 1. The van der Waals surface area contributed by atoms with Crippen LogP contribution < -0.4 is 10.1 Å². The van der Waals surface area contributed by atoms with E-state index in [4.69, 9.17) is 16.3 Å². The summed E-state index contributed by atoms with van der Waals surface area (Å²) < 4.78 is 5.13. The number of benzene rings is 1. The molecule has 1 amide bonds. The maximum atomic E-state index is 12.0. The van der Waals surface area contributed by atoms with Crippen LogP contribution in [0.5, 0.6) is 5.75 Å². The third kappa shape index (κ3) is 4.21. The monoisotopic (exact) mass is 319 g/mol. The zero-order chi connectivity index (χ0) is 12.8. The highest BCUT2D eigenvalue weighted by Crippen LogP contribution is 2.23. The molecule has 0 bridgehead atoms. The highest BCUT2D eigenvalue weighted by Gasteiger charge is 2.14. The highest BCUT2D eigenvalue weighted by atomic mass is 79.9. The van der Waals surface area contributed by atoms with E-state index in [-0.39, 0.29) is 11.9 Å². The van der Waals surface area contributed by atoms with E-state index in [0.717, 1.165) is 11.8 Å². The third-order valence-electron chi connectivity index (χ3n) is 2.33. The maximum absolute atomic E-state index is 12.0. The van der Waals surface area contributed by atoms with Gasteiger partial charge < -0.3 is 10.1 Å². The average Bonchev–Trinajstić information content (AvgIpc) is 2.28. The van der Waals surface area contributed by atoms with Crippen molar-refractivity contribution in [3.05, 3.63) is 28.8 Å². The van der Waals surface area contributed by atoms with Gasteiger partial charge in [0.25, 0.3) is 5.91 Å². The van der Waals surface area contributed by atoms with Crippen molar-refractivity contribution in [1.29, 1.82) is 0 Å².